The smallest absolute Gasteiger partial charge is 0.335 e. The highest BCUT2D eigenvalue weighted by atomic mass is 16.5. The van der Waals surface area contributed by atoms with E-state index in [1.807, 2.05) is 12.1 Å². The molecule has 0 fully saturated rings. The summed E-state index contributed by atoms with van der Waals surface area (Å²) in [4.78, 5) is 22.3. The number of carboxylic acid groups (broad SMARTS) is 1. The van der Waals surface area contributed by atoms with Crippen LogP contribution in [0.1, 0.15) is 38.3 Å². The van der Waals surface area contributed by atoms with Crippen molar-refractivity contribution in [3.05, 3.63) is 64.7 Å². The van der Waals surface area contributed by atoms with Crippen LogP contribution in [-0.2, 0) is 13.0 Å². The highest BCUT2D eigenvalue weighted by molar-refractivity contribution is 6.00. The molecule has 0 spiro atoms. The second-order valence-corrected chi connectivity index (χ2v) is 5.03. The van der Waals surface area contributed by atoms with E-state index in [0.717, 1.165) is 28.9 Å². The van der Waals surface area contributed by atoms with Crippen LogP contribution in [0.15, 0.2) is 42.5 Å². The summed E-state index contributed by atoms with van der Waals surface area (Å²) in [5.74, 6) is -0.0164. The van der Waals surface area contributed by atoms with Gasteiger partial charge in [-0.25, -0.2) is 4.79 Å². The third-order valence-corrected chi connectivity index (χ3v) is 3.60. The number of Topliss-reactive ketones (excluding diaryl/α,β-unsaturated/α-hetero) is 1. The van der Waals surface area contributed by atoms with Gasteiger partial charge >= 0.3 is 5.97 Å². The number of fused-ring (bicyclic) bond motifs is 1. The summed E-state index contributed by atoms with van der Waals surface area (Å²) in [5, 5.41) is 8.84. The number of ether oxygens (including phenoxy) is 1. The lowest BCUT2D eigenvalue weighted by molar-refractivity contribution is 0.0696. The van der Waals surface area contributed by atoms with E-state index in [4.69, 9.17) is 9.84 Å². The standard InChI is InChI=1S/C17H14O4/c18-16-8-5-13-9-14(6-7-15(13)16)21-10-11-1-3-12(4-2-11)17(19)20/h1-4,6-7,9H,5,8,10H2,(H,19,20). The van der Waals surface area contributed by atoms with Crippen molar-refractivity contribution in [2.24, 2.45) is 0 Å². The molecule has 1 aliphatic carbocycles. The first kappa shape index (κ1) is 13.4. The summed E-state index contributed by atoms with van der Waals surface area (Å²) in [6.07, 6.45) is 1.36. The minimum absolute atomic E-state index is 0.195. The molecule has 2 aromatic carbocycles. The fraction of sp³-hybridized carbons (Fsp3) is 0.176. The SMILES string of the molecule is O=C(O)c1ccc(COc2ccc3c(c2)CCC3=O)cc1. The number of aromatic carboxylic acids is 1. The van der Waals surface area contributed by atoms with Crippen LogP contribution < -0.4 is 4.74 Å². The monoisotopic (exact) mass is 282 g/mol. The van der Waals surface area contributed by atoms with Crippen LogP contribution in [0, 0.1) is 0 Å². The fourth-order valence-electron chi connectivity index (χ4n) is 2.43. The summed E-state index contributed by atoms with van der Waals surface area (Å²) >= 11 is 0. The summed E-state index contributed by atoms with van der Waals surface area (Å²) in [6.45, 7) is 0.368. The summed E-state index contributed by atoms with van der Waals surface area (Å²) in [7, 11) is 0. The Kier molecular flexibility index (Phi) is 3.44. The molecular weight excluding hydrogens is 268 g/mol. The minimum Gasteiger partial charge on any atom is -0.489 e. The van der Waals surface area contributed by atoms with E-state index in [2.05, 4.69) is 0 Å². The highest BCUT2D eigenvalue weighted by Gasteiger charge is 2.19. The zero-order chi connectivity index (χ0) is 14.8. The lowest BCUT2D eigenvalue weighted by Crippen LogP contribution is -1.99. The lowest BCUT2D eigenvalue weighted by Gasteiger charge is -2.08. The second-order valence-electron chi connectivity index (χ2n) is 5.03. The molecule has 0 unspecified atom stereocenters. The van der Waals surface area contributed by atoms with Gasteiger partial charge < -0.3 is 9.84 Å². The van der Waals surface area contributed by atoms with Gasteiger partial charge in [0.15, 0.2) is 5.78 Å². The van der Waals surface area contributed by atoms with E-state index in [1.54, 1.807) is 30.3 Å². The predicted octanol–water partition coefficient (Wildman–Crippen LogP) is 3.09. The average Bonchev–Trinajstić information content (AvgIpc) is 2.86. The van der Waals surface area contributed by atoms with Crippen molar-refractivity contribution in [1.29, 1.82) is 0 Å². The Hall–Kier alpha value is -2.62. The van der Waals surface area contributed by atoms with Gasteiger partial charge in [-0.1, -0.05) is 12.1 Å². The molecule has 4 heteroatoms. The maximum Gasteiger partial charge on any atom is 0.335 e. The second kappa shape index (κ2) is 5.40. The maximum atomic E-state index is 11.6. The Balaban J connectivity index is 1.68. The van der Waals surface area contributed by atoms with Crippen LogP contribution in [0.3, 0.4) is 0 Å². The molecule has 21 heavy (non-hydrogen) atoms. The number of hydrogen-bond donors (Lipinski definition) is 1. The van der Waals surface area contributed by atoms with Gasteiger partial charge in [0.25, 0.3) is 0 Å². The summed E-state index contributed by atoms with van der Waals surface area (Å²) < 4.78 is 5.69. The first-order valence-electron chi connectivity index (χ1n) is 6.74. The number of carbonyl (C=O) groups is 2. The largest absolute Gasteiger partial charge is 0.489 e. The van der Waals surface area contributed by atoms with Crippen LogP contribution in [-0.4, -0.2) is 16.9 Å². The van der Waals surface area contributed by atoms with Gasteiger partial charge in [-0.2, -0.15) is 0 Å². The number of aryl methyl sites for hydroxylation is 1. The molecule has 0 aliphatic heterocycles. The molecule has 4 nitrogen and oxygen atoms in total. The maximum absolute atomic E-state index is 11.6. The molecule has 0 radical (unpaired) electrons. The van der Waals surface area contributed by atoms with Gasteiger partial charge in [0.05, 0.1) is 5.56 Å². The van der Waals surface area contributed by atoms with Crippen LogP contribution >= 0.6 is 0 Å². The van der Waals surface area contributed by atoms with Crippen molar-refractivity contribution in [2.75, 3.05) is 0 Å². The lowest BCUT2D eigenvalue weighted by atomic mass is 10.1. The topological polar surface area (TPSA) is 63.6 Å². The van der Waals surface area contributed by atoms with Gasteiger partial charge in [0, 0.05) is 12.0 Å². The quantitative estimate of drug-likeness (QED) is 0.936. The van der Waals surface area contributed by atoms with Crippen molar-refractivity contribution in [3.63, 3.8) is 0 Å². The zero-order valence-corrected chi connectivity index (χ0v) is 11.3. The molecule has 0 saturated heterocycles. The van der Waals surface area contributed by atoms with Crippen LogP contribution in [0.25, 0.3) is 0 Å². The van der Waals surface area contributed by atoms with Gasteiger partial charge in [0.1, 0.15) is 12.4 Å². The van der Waals surface area contributed by atoms with Gasteiger partial charge in [-0.05, 0) is 47.9 Å². The van der Waals surface area contributed by atoms with E-state index < -0.39 is 5.97 Å². The van der Waals surface area contributed by atoms with E-state index >= 15 is 0 Å². The molecule has 2 aromatic rings. The van der Waals surface area contributed by atoms with Crippen molar-refractivity contribution < 1.29 is 19.4 Å². The molecule has 0 bridgehead atoms. The van der Waals surface area contributed by atoms with Crippen LogP contribution in [0.5, 0.6) is 5.75 Å². The number of benzene rings is 2. The third kappa shape index (κ3) is 2.79. The van der Waals surface area contributed by atoms with E-state index in [1.165, 1.54) is 0 Å². The Morgan fingerprint density at radius 2 is 1.86 bits per heavy atom. The number of carboxylic acids is 1. The molecule has 1 aliphatic rings. The minimum atomic E-state index is -0.939. The molecule has 1 N–H and O–H groups in total. The van der Waals surface area contributed by atoms with Gasteiger partial charge in [-0.15, -0.1) is 0 Å². The van der Waals surface area contributed by atoms with Crippen molar-refractivity contribution in [3.8, 4) is 5.75 Å². The van der Waals surface area contributed by atoms with Crippen molar-refractivity contribution in [2.45, 2.75) is 19.4 Å². The normalized spacial score (nSPS) is 13.0. The first-order valence-corrected chi connectivity index (χ1v) is 6.74. The molecule has 0 atom stereocenters. The van der Waals surface area contributed by atoms with Gasteiger partial charge in [0.2, 0.25) is 0 Å². The number of rotatable bonds is 4. The Bertz CT molecular complexity index is 701. The Morgan fingerprint density at radius 1 is 1.10 bits per heavy atom. The number of hydrogen-bond acceptors (Lipinski definition) is 3. The van der Waals surface area contributed by atoms with Crippen LogP contribution in [0.4, 0.5) is 0 Å². The molecule has 0 saturated carbocycles. The van der Waals surface area contributed by atoms with E-state index in [0.29, 0.717) is 13.0 Å². The van der Waals surface area contributed by atoms with E-state index in [9.17, 15) is 9.59 Å². The number of ketones is 1. The molecule has 3 rings (SSSR count). The average molecular weight is 282 g/mol. The Morgan fingerprint density at radius 3 is 2.57 bits per heavy atom. The van der Waals surface area contributed by atoms with Crippen molar-refractivity contribution in [1.82, 2.24) is 0 Å². The molecule has 0 amide bonds. The summed E-state index contributed by atoms with van der Waals surface area (Å²) in [6, 6.07) is 12.1. The van der Waals surface area contributed by atoms with Crippen LogP contribution in [0.2, 0.25) is 0 Å². The highest BCUT2D eigenvalue weighted by Crippen LogP contribution is 2.26. The predicted molar refractivity (Wildman–Crippen MR) is 76.8 cm³/mol. The number of carbonyl (C=O) groups excluding carboxylic acids is 1. The van der Waals surface area contributed by atoms with Crippen molar-refractivity contribution >= 4 is 11.8 Å². The zero-order valence-electron chi connectivity index (χ0n) is 11.3. The molecule has 0 heterocycles. The first-order chi connectivity index (χ1) is 10.1. The molecule has 0 aromatic heterocycles. The van der Waals surface area contributed by atoms with Gasteiger partial charge in [-0.3, -0.25) is 4.79 Å². The molecular formula is C17H14O4. The fourth-order valence-corrected chi connectivity index (χ4v) is 2.43. The summed E-state index contributed by atoms with van der Waals surface area (Å²) in [5.41, 5.74) is 3.00. The Labute approximate surface area is 122 Å². The molecule has 106 valence electrons. The third-order valence-electron chi connectivity index (χ3n) is 3.60. The van der Waals surface area contributed by atoms with E-state index in [-0.39, 0.29) is 11.3 Å².